The first kappa shape index (κ1) is 26.3. The number of benzene rings is 2. The molecule has 1 aliphatic carbocycles. The van der Waals surface area contributed by atoms with Crippen LogP contribution in [-0.2, 0) is 6.54 Å². The monoisotopic (exact) mass is 497 g/mol. The Labute approximate surface area is 207 Å². The van der Waals surface area contributed by atoms with Crippen molar-refractivity contribution in [2.45, 2.75) is 44.3 Å². The Balaban J connectivity index is 0.00000181. The van der Waals surface area contributed by atoms with Gasteiger partial charge < -0.3 is 20.1 Å². The van der Waals surface area contributed by atoms with Gasteiger partial charge in [0.25, 0.3) is 0 Å². The first-order chi connectivity index (χ1) is 14.7. The van der Waals surface area contributed by atoms with Crippen LogP contribution in [0.25, 0.3) is 10.9 Å². The third-order valence-electron chi connectivity index (χ3n) is 5.87. The van der Waals surface area contributed by atoms with Crippen LogP contribution in [0.4, 0.5) is 5.69 Å². The molecule has 1 heterocycles. The molecular weight excluding hydrogens is 469 g/mol. The summed E-state index contributed by atoms with van der Waals surface area (Å²) in [6, 6.07) is 14.9. The molecule has 0 spiro atoms. The fourth-order valence-corrected chi connectivity index (χ4v) is 4.33. The minimum atomic E-state index is 0. The first-order valence-electron chi connectivity index (χ1n) is 10.4. The molecule has 2 aromatic carbocycles. The van der Waals surface area contributed by atoms with E-state index in [2.05, 4.69) is 27.8 Å². The number of halogens is 3. The number of hydrogen-bond acceptors (Lipinski definition) is 5. The molecule has 1 aromatic heterocycles. The second-order valence-corrected chi connectivity index (χ2v) is 8.21. The van der Waals surface area contributed by atoms with Crippen molar-refractivity contribution in [1.29, 1.82) is 0 Å². The summed E-state index contributed by atoms with van der Waals surface area (Å²) >= 11 is 6.11. The summed E-state index contributed by atoms with van der Waals surface area (Å²) in [6.07, 6.45) is 6.40. The molecule has 0 saturated heterocycles. The fraction of sp³-hybridized carbons (Fsp3) is 0.375. The molecule has 8 heteroatoms. The van der Waals surface area contributed by atoms with Gasteiger partial charge >= 0.3 is 0 Å². The van der Waals surface area contributed by atoms with Crippen LogP contribution in [0.1, 0.15) is 31.2 Å². The third-order valence-corrected chi connectivity index (χ3v) is 6.10. The van der Waals surface area contributed by atoms with Gasteiger partial charge in [0.05, 0.1) is 19.7 Å². The Morgan fingerprint density at radius 2 is 1.69 bits per heavy atom. The van der Waals surface area contributed by atoms with Crippen LogP contribution in [0.5, 0.6) is 11.5 Å². The van der Waals surface area contributed by atoms with E-state index in [9.17, 15) is 0 Å². The smallest absolute Gasteiger partial charge is 0.127 e. The lowest BCUT2D eigenvalue weighted by Gasteiger charge is -2.31. The number of fused-ring (bicyclic) bond motifs is 1. The molecule has 0 atom stereocenters. The van der Waals surface area contributed by atoms with Crippen LogP contribution >= 0.6 is 36.4 Å². The van der Waals surface area contributed by atoms with Crippen molar-refractivity contribution in [3.05, 3.63) is 59.2 Å². The molecule has 0 aliphatic heterocycles. The Kier molecular flexibility index (Phi) is 10.2. The number of pyridine rings is 1. The average Bonchev–Trinajstić information content (AvgIpc) is 2.78. The van der Waals surface area contributed by atoms with Crippen molar-refractivity contribution in [3.63, 3.8) is 0 Å². The maximum Gasteiger partial charge on any atom is 0.127 e. The Hall–Kier alpha value is -1.92. The predicted octanol–water partition coefficient (Wildman–Crippen LogP) is 6.26. The van der Waals surface area contributed by atoms with Gasteiger partial charge in [-0.1, -0.05) is 17.7 Å². The number of methoxy groups -OCH3 is 2. The van der Waals surface area contributed by atoms with Gasteiger partial charge in [-0.25, -0.2) is 0 Å². The van der Waals surface area contributed by atoms with Crippen LogP contribution in [0, 0.1) is 0 Å². The largest absolute Gasteiger partial charge is 0.497 e. The van der Waals surface area contributed by atoms with Crippen LogP contribution in [-0.4, -0.2) is 31.3 Å². The number of anilines is 1. The van der Waals surface area contributed by atoms with Gasteiger partial charge in [0.15, 0.2) is 0 Å². The number of hydrogen-bond donors (Lipinski definition) is 2. The molecule has 4 rings (SSSR count). The predicted molar refractivity (Wildman–Crippen MR) is 137 cm³/mol. The van der Waals surface area contributed by atoms with E-state index in [1.807, 2.05) is 36.5 Å². The van der Waals surface area contributed by atoms with Gasteiger partial charge in [-0.2, -0.15) is 0 Å². The highest BCUT2D eigenvalue weighted by Gasteiger charge is 2.21. The number of rotatable bonds is 7. The lowest BCUT2D eigenvalue weighted by molar-refractivity contribution is 0.348. The van der Waals surface area contributed by atoms with E-state index in [-0.39, 0.29) is 24.8 Å². The zero-order valence-electron chi connectivity index (χ0n) is 18.3. The average molecular weight is 499 g/mol. The summed E-state index contributed by atoms with van der Waals surface area (Å²) in [6.45, 7) is 0.797. The van der Waals surface area contributed by atoms with Crippen LogP contribution in [0.2, 0.25) is 5.02 Å². The van der Waals surface area contributed by atoms with E-state index in [1.54, 1.807) is 14.2 Å². The summed E-state index contributed by atoms with van der Waals surface area (Å²) in [5.41, 5.74) is 3.22. The molecule has 1 fully saturated rings. The number of aromatic nitrogens is 1. The molecule has 3 aromatic rings. The van der Waals surface area contributed by atoms with Gasteiger partial charge in [0.2, 0.25) is 0 Å². The lowest BCUT2D eigenvalue weighted by Crippen LogP contribution is -2.36. The van der Waals surface area contributed by atoms with Gasteiger partial charge in [0.1, 0.15) is 11.5 Å². The maximum atomic E-state index is 6.11. The molecule has 0 unspecified atom stereocenters. The molecule has 1 aliphatic rings. The van der Waals surface area contributed by atoms with E-state index in [4.69, 9.17) is 21.1 Å². The van der Waals surface area contributed by atoms with E-state index in [0.717, 1.165) is 65.9 Å². The van der Waals surface area contributed by atoms with Gasteiger partial charge in [-0.15, -0.1) is 24.8 Å². The second kappa shape index (κ2) is 12.4. The SMILES string of the molecule is COc1ccc(CNC2CCC(Nc3ccnc4cc(Cl)ccc34)CC2)c(OC)c1.Cl.Cl. The first-order valence-corrected chi connectivity index (χ1v) is 10.8. The number of nitrogens with one attached hydrogen (secondary N) is 2. The highest BCUT2D eigenvalue weighted by Crippen LogP contribution is 2.29. The van der Waals surface area contributed by atoms with Crippen molar-refractivity contribution < 1.29 is 9.47 Å². The molecule has 2 N–H and O–H groups in total. The Morgan fingerprint density at radius 3 is 2.41 bits per heavy atom. The number of ether oxygens (including phenoxy) is 2. The summed E-state index contributed by atoms with van der Waals surface area (Å²) in [4.78, 5) is 4.43. The molecule has 32 heavy (non-hydrogen) atoms. The fourth-order valence-electron chi connectivity index (χ4n) is 4.16. The molecule has 1 saturated carbocycles. The standard InChI is InChI=1S/C24H28ClN3O2.2ClH/c1-29-20-9-3-16(24(14-20)30-2)15-27-18-5-7-19(8-6-18)28-22-11-12-26-23-13-17(25)4-10-21(22)23;;/h3-4,9-14,18-19,27H,5-8,15H2,1-2H3,(H,26,28);2*1H. The molecule has 174 valence electrons. The number of nitrogens with zero attached hydrogens (tertiary/aromatic N) is 1. The van der Waals surface area contributed by atoms with E-state index in [0.29, 0.717) is 17.1 Å². The molecule has 0 radical (unpaired) electrons. The summed E-state index contributed by atoms with van der Waals surface area (Å²) < 4.78 is 10.8. The van der Waals surface area contributed by atoms with Crippen molar-refractivity contribution in [2.24, 2.45) is 0 Å². The van der Waals surface area contributed by atoms with Crippen molar-refractivity contribution >= 4 is 53.0 Å². The van der Waals surface area contributed by atoms with E-state index in [1.165, 1.54) is 0 Å². The van der Waals surface area contributed by atoms with Crippen molar-refractivity contribution in [1.82, 2.24) is 10.3 Å². The van der Waals surface area contributed by atoms with Crippen LogP contribution < -0.4 is 20.1 Å². The highest BCUT2D eigenvalue weighted by atomic mass is 35.5. The second-order valence-electron chi connectivity index (χ2n) is 7.77. The summed E-state index contributed by atoms with van der Waals surface area (Å²) in [5, 5.41) is 9.26. The van der Waals surface area contributed by atoms with E-state index >= 15 is 0 Å². The van der Waals surface area contributed by atoms with Gasteiger partial charge in [-0.3, -0.25) is 4.98 Å². The minimum Gasteiger partial charge on any atom is -0.497 e. The maximum absolute atomic E-state index is 6.11. The Bertz CT molecular complexity index is 1010. The molecule has 5 nitrogen and oxygen atoms in total. The summed E-state index contributed by atoms with van der Waals surface area (Å²) in [7, 11) is 3.37. The van der Waals surface area contributed by atoms with Crippen molar-refractivity contribution in [2.75, 3.05) is 19.5 Å². The lowest BCUT2D eigenvalue weighted by atomic mass is 9.90. The van der Waals surface area contributed by atoms with Crippen LogP contribution in [0.3, 0.4) is 0 Å². The normalized spacial score (nSPS) is 17.7. The van der Waals surface area contributed by atoms with Crippen molar-refractivity contribution in [3.8, 4) is 11.5 Å². The van der Waals surface area contributed by atoms with Crippen LogP contribution in [0.15, 0.2) is 48.7 Å². The topological polar surface area (TPSA) is 55.4 Å². The molecule has 0 bridgehead atoms. The molecule has 0 amide bonds. The highest BCUT2D eigenvalue weighted by molar-refractivity contribution is 6.31. The zero-order chi connectivity index (χ0) is 20.9. The summed E-state index contributed by atoms with van der Waals surface area (Å²) in [5.74, 6) is 1.68. The zero-order valence-corrected chi connectivity index (χ0v) is 20.7. The van der Waals surface area contributed by atoms with E-state index < -0.39 is 0 Å². The minimum absolute atomic E-state index is 0. The molecular formula is C24H30Cl3N3O2. The third kappa shape index (κ3) is 6.32. The Morgan fingerprint density at radius 1 is 0.938 bits per heavy atom. The van der Waals surface area contributed by atoms with Gasteiger partial charge in [-0.05, 0) is 56.0 Å². The van der Waals surface area contributed by atoms with Gasteiger partial charge in [0, 0.05) is 52.6 Å². The quantitative estimate of drug-likeness (QED) is 0.402.